The lowest BCUT2D eigenvalue weighted by molar-refractivity contribution is -0.125. The first-order chi connectivity index (χ1) is 5.39. The third kappa shape index (κ3) is 3.98. The first-order valence-electron chi connectivity index (χ1n) is 4.37. The summed E-state index contributed by atoms with van der Waals surface area (Å²) in [6.45, 7) is 3.39. The minimum atomic E-state index is 0.185. The fourth-order valence-electron chi connectivity index (χ4n) is 1.03. The van der Waals surface area contributed by atoms with Crippen molar-refractivity contribution < 1.29 is 4.79 Å². The number of rotatable bonds is 0. The molecule has 0 aromatic rings. The second-order valence-corrected chi connectivity index (χ2v) is 2.91. The number of β-lactam (4-membered cyclic amide) rings is 1. The first-order valence-corrected chi connectivity index (χ1v) is 4.37. The molecule has 0 aromatic heterocycles. The molecule has 2 rings (SSSR count). The maximum Gasteiger partial charge on any atom is 0.221 e. The summed E-state index contributed by atoms with van der Waals surface area (Å²) in [5, 5.41) is 5.85. The predicted molar refractivity (Wildman–Crippen MR) is 44.3 cm³/mol. The second-order valence-electron chi connectivity index (χ2n) is 2.91. The maximum absolute atomic E-state index is 9.79. The number of hydrogen-bond acceptors (Lipinski definition) is 2. The van der Waals surface area contributed by atoms with E-state index in [4.69, 9.17) is 0 Å². The van der Waals surface area contributed by atoms with E-state index in [1.165, 1.54) is 32.4 Å². The Morgan fingerprint density at radius 3 is 1.64 bits per heavy atom. The first kappa shape index (κ1) is 8.53. The zero-order valence-corrected chi connectivity index (χ0v) is 6.86. The number of hydrogen-bond donors (Lipinski definition) is 2. The van der Waals surface area contributed by atoms with E-state index in [0.717, 1.165) is 13.0 Å². The molecule has 0 unspecified atom stereocenters. The number of carbonyl (C=O) groups excluding carboxylic acids is 1. The Labute approximate surface area is 67.5 Å². The van der Waals surface area contributed by atoms with Crippen LogP contribution in [-0.2, 0) is 4.79 Å². The van der Waals surface area contributed by atoms with Gasteiger partial charge in [0.1, 0.15) is 0 Å². The Kier molecular flexibility index (Phi) is 3.98. The van der Waals surface area contributed by atoms with E-state index in [2.05, 4.69) is 10.6 Å². The molecule has 2 fully saturated rings. The van der Waals surface area contributed by atoms with Gasteiger partial charge in [0.2, 0.25) is 5.91 Å². The average Bonchev–Trinajstić information content (AvgIpc) is 2.05. The molecule has 0 aromatic carbocycles. The molecule has 3 heteroatoms. The van der Waals surface area contributed by atoms with Crippen molar-refractivity contribution in [3.05, 3.63) is 0 Å². The van der Waals surface area contributed by atoms with Crippen LogP contribution in [0.2, 0.25) is 0 Å². The van der Waals surface area contributed by atoms with Crippen molar-refractivity contribution in [2.75, 3.05) is 19.6 Å². The van der Waals surface area contributed by atoms with Gasteiger partial charge in [-0.3, -0.25) is 4.79 Å². The smallest absolute Gasteiger partial charge is 0.221 e. The monoisotopic (exact) mass is 156 g/mol. The molecule has 0 spiro atoms. The minimum absolute atomic E-state index is 0.185. The van der Waals surface area contributed by atoms with Gasteiger partial charge < -0.3 is 10.6 Å². The Morgan fingerprint density at radius 1 is 1.00 bits per heavy atom. The Morgan fingerprint density at radius 2 is 1.55 bits per heavy atom. The van der Waals surface area contributed by atoms with Crippen molar-refractivity contribution in [3.8, 4) is 0 Å². The van der Waals surface area contributed by atoms with Gasteiger partial charge in [-0.25, -0.2) is 0 Å². The van der Waals surface area contributed by atoms with Crippen molar-refractivity contribution in [2.24, 2.45) is 0 Å². The van der Waals surface area contributed by atoms with E-state index < -0.39 is 0 Å². The van der Waals surface area contributed by atoms with Crippen molar-refractivity contribution in [3.63, 3.8) is 0 Å². The van der Waals surface area contributed by atoms with Crippen LogP contribution in [-0.4, -0.2) is 25.5 Å². The number of piperidine rings is 1. The van der Waals surface area contributed by atoms with Crippen LogP contribution in [0.4, 0.5) is 0 Å². The van der Waals surface area contributed by atoms with Crippen LogP contribution in [0.15, 0.2) is 0 Å². The molecule has 11 heavy (non-hydrogen) atoms. The van der Waals surface area contributed by atoms with Gasteiger partial charge >= 0.3 is 0 Å². The largest absolute Gasteiger partial charge is 0.356 e. The average molecular weight is 156 g/mol. The lowest BCUT2D eigenvalue weighted by Gasteiger charge is -2.10. The van der Waals surface area contributed by atoms with Gasteiger partial charge in [0, 0.05) is 13.0 Å². The van der Waals surface area contributed by atoms with Crippen molar-refractivity contribution in [2.45, 2.75) is 25.7 Å². The molecular weight excluding hydrogens is 140 g/mol. The quantitative estimate of drug-likeness (QED) is 0.494. The standard InChI is InChI=1S/C5H11N.C3H5NO/c1-2-4-6-5-3-1;5-3-1-2-4-3/h6H,1-5H2;1-2H2,(H,4,5). The highest BCUT2D eigenvalue weighted by Crippen LogP contribution is 1.96. The molecule has 3 nitrogen and oxygen atoms in total. The van der Waals surface area contributed by atoms with E-state index >= 15 is 0 Å². The third-order valence-electron chi connectivity index (χ3n) is 1.88. The van der Waals surface area contributed by atoms with E-state index in [0.29, 0.717) is 0 Å². The van der Waals surface area contributed by atoms with Gasteiger partial charge in [-0.2, -0.15) is 0 Å². The van der Waals surface area contributed by atoms with Gasteiger partial charge in [-0.1, -0.05) is 6.42 Å². The summed E-state index contributed by atoms with van der Waals surface area (Å²) in [4.78, 5) is 9.79. The molecule has 64 valence electrons. The van der Waals surface area contributed by atoms with Crippen molar-refractivity contribution in [1.29, 1.82) is 0 Å². The summed E-state index contributed by atoms with van der Waals surface area (Å²) in [7, 11) is 0. The summed E-state index contributed by atoms with van der Waals surface area (Å²) in [5.41, 5.74) is 0. The van der Waals surface area contributed by atoms with E-state index in [1.54, 1.807) is 0 Å². The summed E-state index contributed by atoms with van der Waals surface area (Å²) in [5.74, 6) is 0.185. The molecule has 2 N–H and O–H groups in total. The Balaban J connectivity index is 0.000000112. The highest BCUT2D eigenvalue weighted by molar-refractivity contribution is 5.81. The molecule has 2 aliphatic rings. The molecule has 0 radical (unpaired) electrons. The number of amides is 1. The van der Waals surface area contributed by atoms with E-state index in [9.17, 15) is 4.79 Å². The molecule has 0 atom stereocenters. The normalized spacial score (nSPS) is 22.4. The van der Waals surface area contributed by atoms with Gasteiger partial charge in [0.15, 0.2) is 0 Å². The molecule has 2 saturated heterocycles. The summed E-state index contributed by atoms with van der Waals surface area (Å²) in [6, 6.07) is 0. The zero-order valence-electron chi connectivity index (χ0n) is 6.86. The molecule has 1 amide bonds. The fraction of sp³-hybridized carbons (Fsp3) is 0.875. The van der Waals surface area contributed by atoms with Gasteiger partial charge in [-0.15, -0.1) is 0 Å². The van der Waals surface area contributed by atoms with E-state index in [1.807, 2.05) is 0 Å². The molecule has 0 aliphatic carbocycles. The fourth-order valence-corrected chi connectivity index (χ4v) is 1.03. The molecule has 2 heterocycles. The van der Waals surface area contributed by atoms with Gasteiger partial charge in [-0.05, 0) is 25.9 Å². The second kappa shape index (κ2) is 5.13. The lowest BCUT2D eigenvalue weighted by Crippen LogP contribution is -2.37. The third-order valence-corrected chi connectivity index (χ3v) is 1.88. The van der Waals surface area contributed by atoms with Gasteiger partial charge in [0.25, 0.3) is 0 Å². The Bertz CT molecular complexity index is 104. The minimum Gasteiger partial charge on any atom is -0.356 e. The van der Waals surface area contributed by atoms with Crippen LogP contribution in [0.25, 0.3) is 0 Å². The van der Waals surface area contributed by atoms with E-state index in [-0.39, 0.29) is 5.91 Å². The van der Waals surface area contributed by atoms with Crippen molar-refractivity contribution in [1.82, 2.24) is 10.6 Å². The molecule has 0 saturated carbocycles. The number of carbonyl (C=O) groups is 1. The SMILES string of the molecule is C1CCNCC1.O=C1CCN1. The summed E-state index contributed by atoms with van der Waals surface area (Å²) >= 11 is 0. The van der Waals surface area contributed by atoms with Crippen LogP contribution in [0.5, 0.6) is 0 Å². The number of nitrogens with one attached hydrogen (secondary N) is 2. The molecular formula is C8H16N2O. The maximum atomic E-state index is 9.79. The van der Waals surface area contributed by atoms with Gasteiger partial charge in [0.05, 0.1) is 0 Å². The van der Waals surface area contributed by atoms with Crippen LogP contribution in [0.1, 0.15) is 25.7 Å². The highest BCUT2D eigenvalue weighted by Gasteiger charge is 2.07. The highest BCUT2D eigenvalue weighted by atomic mass is 16.2. The predicted octanol–water partition coefficient (Wildman–Crippen LogP) is 0.266. The molecule has 2 aliphatic heterocycles. The van der Waals surface area contributed by atoms with Crippen LogP contribution >= 0.6 is 0 Å². The molecule has 0 bridgehead atoms. The summed E-state index contributed by atoms with van der Waals surface area (Å²) < 4.78 is 0. The lowest BCUT2D eigenvalue weighted by atomic mass is 10.2. The Hall–Kier alpha value is -0.570. The topological polar surface area (TPSA) is 41.1 Å². The van der Waals surface area contributed by atoms with Crippen LogP contribution in [0, 0.1) is 0 Å². The zero-order chi connectivity index (χ0) is 7.94. The van der Waals surface area contributed by atoms with Crippen molar-refractivity contribution >= 4 is 5.91 Å². The summed E-state index contributed by atoms with van der Waals surface area (Å²) in [6.07, 6.45) is 4.95. The van der Waals surface area contributed by atoms with Crippen LogP contribution < -0.4 is 10.6 Å². The van der Waals surface area contributed by atoms with Crippen LogP contribution in [0.3, 0.4) is 0 Å².